The summed E-state index contributed by atoms with van der Waals surface area (Å²) in [6.07, 6.45) is 1.18. The molecular weight excluding hydrogens is 294 g/mol. The molecule has 0 aliphatic rings. The van der Waals surface area contributed by atoms with Crippen LogP contribution in [0.2, 0.25) is 0 Å². The van der Waals surface area contributed by atoms with E-state index in [1.165, 1.54) is 0 Å². The molecule has 0 saturated carbocycles. The standard InChI is InChI=1S/C18H27NO4/c1-4-6-16(13-17(21)19(5-2)11-12-20)23-18(22)15-9-7-14(3)8-10-15/h7-10,16,20H,4-6,11-13H2,1-3H3. The Balaban J connectivity index is 2.68. The molecule has 5 heteroatoms. The van der Waals surface area contributed by atoms with Crippen LogP contribution in [0.15, 0.2) is 24.3 Å². The number of nitrogens with zero attached hydrogens (tertiary/aromatic N) is 1. The Morgan fingerprint density at radius 2 is 1.87 bits per heavy atom. The van der Waals surface area contributed by atoms with Gasteiger partial charge in [-0.3, -0.25) is 4.79 Å². The van der Waals surface area contributed by atoms with Crippen molar-refractivity contribution in [3.8, 4) is 0 Å². The molecule has 23 heavy (non-hydrogen) atoms. The van der Waals surface area contributed by atoms with Crippen LogP contribution in [0.5, 0.6) is 0 Å². The van der Waals surface area contributed by atoms with Crippen LogP contribution in [0.1, 0.15) is 49.0 Å². The topological polar surface area (TPSA) is 66.8 Å². The van der Waals surface area contributed by atoms with Gasteiger partial charge in [-0.1, -0.05) is 31.0 Å². The Hall–Kier alpha value is -1.88. The molecule has 1 unspecified atom stereocenters. The van der Waals surface area contributed by atoms with E-state index in [1.54, 1.807) is 17.0 Å². The van der Waals surface area contributed by atoms with Gasteiger partial charge in [0.25, 0.3) is 0 Å². The fraction of sp³-hybridized carbons (Fsp3) is 0.556. The summed E-state index contributed by atoms with van der Waals surface area (Å²) in [4.78, 5) is 26.0. The first-order chi connectivity index (χ1) is 11.0. The minimum atomic E-state index is -0.436. The molecule has 1 aromatic rings. The molecule has 1 amide bonds. The second-order valence-corrected chi connectivity index (χ2v) is 5.58. The maximum atomic E-state index is 12.2. The van der Waals surface area contributed by atoms with Crippen LogP contribution in [0.3, 0.4) is 0 Å². The second kappa shape index (κ2) is 10.0. The van der Waals surface area contributed by atoms with Crippen molar-refractivity contribution in [1.29, 1.82) is 0 Å². The van der Waals surface area contributed by atoms with Gasteiger partial charge >= 0.3 is 5.97 Å². The van der Waals surface area contributed by atoms with Crippen LogP contribution in [-0.4, -0.2) is 47.7 Å². The number of hydrogen-bond acceptors (Lipinski definition) is 4. The van der Waals surface area contributed by atoms with Gasteiger partial charge in [0.1, 0.15) is 6.10 Å². The molecule has 0 fully saturated rings. The van der Waals surface area contributed by atoms with Gasteiger partial charge in [-0.2, -0.15) is 0 Å². The predicted octanol–water partition coefficient (Wildman–Crippen LogP) is 2.55. The summed E-state index contributed by atoms with van der Waals surface area (Å²) < 4.78 is 5.51. The van der Waals surface area contributed by atoms with Gasteiger partial charge in [0.05, 0.1) is 18.6 Å². The lowest BCUT2D eigenvalue weighted by molar-refractivity contribution is -0.133. The van der Waals surface area contributed by atoms with Gasteiger partial charge in [0, 0.05) is 13.1 Å². The summed E-state index contributed by atoms with van der Waals surface area (Å²) >= 11 is 0. The first-order valence-electron chi connectivity index (χ1n) is 8.18. The van der Waals surface area contributed by atoms with Crippen LogP contribution in [0, 0.1) is 6.92 Å². The number of benzene rings is 1. The van der Waals surface area contributed by atoms with Crippen LogP contribution < -0.4 is 0 Å². The largest absolute Gasteiger partial charge is 0.458 e. The number of likely N-dealkylation sites (N-methyl/N-ethyl adjacent to an activating group) is 1. The monoisotopic (exact) mass is 321 g/mol. The number of esters is 1. The van der Waals surface area contributed by atoms with Gasteiger partial charge in [0.2, 0.25) is 5.91 Å². The van der Waals surface area contributed by atoms with Crippen LogP contribution >= 0.6 is 0 Å². The second-order valence-electron chi connectivity index (χ2n) is 5.58. The zero-order valence-electron chi connectivity index (χ0n) is 14.2. The average molecular weight is 321 g/mol. The Labute approximate surface area is 138 Å². The van der Waals surface area contributed by atoms with E-state index in [1.807, 2.05) is 32.9 Å². The van der Waals surface area contributed by atoms with Crippen molar-refractivity contribution in [3.05, 3.63) is 35.4 Å². The highest BCUT2D eigenvalue weighted by Gasteiger charge is 2.21. The normalized spacial score (nSPS) is 11.8. The van der Waals surface area contributed by atoms with Gasteiger partial charge in [-0.25, -0.2) is 4.79 Å². The molecule has 0 radical (unpaired) electrons. The first kappa shape index (κ1) is 19.2. The fourth-order valence-electron chi connectivity index (χ4n) is 2.34. The van der Waals surface area contributed by atoms with E-state index in [0.717, 1.165) is 12.0 Å². The van der Waals surface area contributed by atoms with Crippen molar-refractivity contribution >= 4 is 11.9 Å². The summed E-state index contributed by atoms with van der Waals surface area (Å²) in [7, 11) is 0. The lowest BCUT2D eigenvalue weighted by Crippen LogP contribution is -2.36. The lowest BCUT2D eigenvalue weighted by Gasteiger charge is -2.23. The SMILES string of the molecule is CCCC(CC(=O)N(CC)CCO)OC(=O)c1ccc(C)cc1. The molecule has 1 aromatic carbocycles. The van der Waals surface area contributed by atoms with Crippen LogP contribution in [0.4, 0.5) is 0 Å². The molecule has 0 spiro atoms. The summed E-state index contributed by atoms with van der Waals surface area (Å²) in [5.41, 5.74) is 1.57. The number of carbonyl (C=O) groups excluding carboxylic acids is 2. The predicted molar refractivity (Wildman–Crippen MR) is 89.2 cm³/mol. The number of hydrogen-bond donors (Lipinski definition) is 1. The van der Waals surface area contributed by atoms with Crippen molar-refractivity contribution in [2.24, 2.45) is 0 Å². The van der Waals surface area contributed by atoms with Gasteiger partial charge in [-0.15, -0.1) is 0 Å². The lowest BCUT2D eigenvalue weighted by atomic mass is 10.1. The molecule has 0 saturated heterocycles. The first-order valence-corrected chi connectivity index (χ1v) is 8.18. The van der Waals surface area contributed by atoms with E-state index in [4.69, 9.17) is 9.84 Å². The molecule has 5 nitrogen and oxygen atoms in total. The fourth-order valence-corrected chi connectivity index (χ4v) is 2.34. The third-order valence-corrected chi connectivity index (χ3v) is 3.68. The molecule has 0 heterocycles. The third kappa shape index (κ3) is 6.40. The number of ether oxygens (including phenoxy) is 1. The van der Waals surface area contributed by atoms with Crippen molar-refractivity contribution in [3.63, 3.8) is 0 Å². The number of aliphatic hydroxyl groups is 1. The number of amides is 1. The van der Waals surface area contributed by atoms with Crippen molar-refractivity contribution in [2.45, 2.75) is 46.1 Å². The van der Waals surface area contributed by atoms with E-state index < -0.39 is 12.1 Å². The Morgan fingerprint density at radius 1 is 1.22 bits per heavy atom. The molecule has 0 aliphatic heterocycles. The summed E-state index contributed by atoms with van der Waals surface area (Å²) in [5, 5.41) is 8.99. The van der Waals surface area contributed by atoms with E-state index >= 15 is 0 Å². The molecule has 0 aliphatic carbocycles. The Kier molecular flexibility index (Phi) is 8.33. The number of aryl methyl sites for hydroxylation is 1. The van der Waals surface area contributed by atoms with E-state index in [2.05, 4.69) is 0 Å². The third-order valence-electron chi connectivity index (χ3n) is 3.68. The van der Waals surface area contributed by atoms with Crippen molar-refractivity contribution in [1.82, 2.24) is 4.90 Å². The maximum absolute atomic E-state index is 12.2. The van der Waals surface area contributed by atoms with Crippen LogP contribution in [0.25, 0.3) is 0 Å². The quantitative estimate of drug-likeness (QED) is 0.710. The minimum Gasteiger partial charge on any atom is -0.458 e. The van der Waals surface area contributed by atoms with Crippen molar-refractivity contribution < 1.29 is 19.4 Å². The van der Waals surface area contributed by atoms with Gasteiger partial charge < -0.3 is 14.7 Å². The Bertz CT molecular complexity index is 498. The molecule has 0 bridgehead atoms. The smallest absolute Gasteiger partial charge is 0.338 e. The highest BCUT2D eigenvalue weighted by Crippen LogP contribution is 2.13. The Morgan fingerprint density at radius 3 is 2.39 bits per heavy atom. The molecule has 0 aromatic heterocycles. The molecular formula is C18H27NO4. The number of rotatable bonds is 9. The molecule has 1 N–H and O–H groups in total. The highest BCUT2D eigenvalue weighted by molar-refractivity contribution is 5.89. The molecule has 1 atom stereocenters. The van der Waals surface area contributed by atoms with E-state index in [0.29, 0.717) is 25.1 Å². The highest BCUT2D eigenvalue weighted by atomic mass is 16.5. The summed E-state index contributed by atoms with van der Waals surface area (Å²) in [6, 6.07) is 7.17. The minimum absolute atomic E-state index is 0.0683. The van der Waals surface area contributed by atoms with E-state index in [-0.39, 0.29) is 18.9 Å². The molecule has 128 valence electrons. The zero-order valence-corrected chi connectivity index (χ0v) is 14.2. The zero-order chi connectivity index (χ0) is 17.2. The number of aliphatic hydroxyl groups excluding tert-OH is 1. The summed E-state index contributed by atoms with van der Waals surface area (Å²) in [6.45, 7) is 6.57. The average Bonchev–Trinajstić information content (AvgIpc) is 2.53. The van der Waals surface area contributed by atoms with Crippen LogP contribution in [-0.2, 0) is 9.53 Å². The van der Waals surface area contributed by atoms with E-state index in [9.17, 15) is 9.59 Å². The molecule has 1 rings (SSSR count). The van der Waals surface area contributed by atoms with Gasteiger partial charge in [-0.05, 0) is 32.4 Å². The number of carbonyl (C=O) groups is 2. The summed E-state index contributed by atoms with van der Waals surface area (Å²) in [5.74, 6) is -0.502. The van der Waals surface area contributed by atoms with Crippen molar-refractivity contribution in [2.75, 3.05) is 19.7 Å². The maximum Gasteiger partial charge on any atom is 0.338 e. The van der Waals surface area contributed by atoms with Gasteiger partial charge in [0.15, 0.2) is 0 Å².